The average Bonchev–Trinajstić information content (AvgIpc) is 2.32. The van der Waals surface area contributed by atoms with E-state index in [9.17, 15) is 17.2 Å². The van der Waals surface area contributed by atoms with E-state index in [0.717, 1.165) is 6.26 Å². The standard InChI is InChI=1S/C13H19F2O5PS/c1-9(2)7-18-12-5-4-11(20-13(14,15)21)6-10(12)8-19-22(3,16)17/h4-6,9H,7-8,21H2,1-3H3. The molecule has 1 unspecified atom stereocenters. The lowest BCUT2D eigenvalue weighted by Crippen LogP contribution is -2.15. The normalized spacial score (nSPS) is 12.5. The number of halogens is 2. The molecule has 0 aliphatic carbocycles. The third-order valence-electron chi connectivity index (χ3n) is 2.29. The van der Waals surface area contributed by atoms with Crippen LogP contribution in [0.3, 0.4) is 0 Å². The van der Waals surface area contributed by atoms with E-state index < -0.39 is 16.0 Å². The van der Waals surface area contributed by atoms with Crippen LogP contribution in [0.1, 0.15) is 19.4 Å². The van der Waals surface area contributed by atoms with E-state index in [-0.39, 0.29) is 18.3 Å². The highest BCUT2D eigenvalue weighted by molar-refractivity contribution is 7.85. The SMILES string of the molecule is CC(C)COc1ccc(OC(F)(F)P)cc1COS(C)(=O)=O. The highest BCUT2D eigenvalue weighted by Crippen LogP contribution is 2.31. The van der Waals surface area contributed by atoms with Gasteiger partial charge in [0.25, 0.3) is 10.1 Å². The van der Waals surface area contributed by atoms with Crippen molar-refractivity contribution in [2.45, 2.75) is 26.3 Å². The molecular formula is C13H19F2O5PS. The molecule has 1 atom stereocenters. The van der Waals surface area contributed by atoms with Crippen molar-refractivity contribution in [3.63, 3.8) is 0 Å². The van der Waals surface area contributed by atoms with Gasteiger partial charge in [0.2, 0.25) is 0 Å². The summed E-state index contributed by atoms with van der Waals surface area (Å²) in [7, 11) is -2.41. The van der Waals surface area contributed by atoms with Crippen LogP contribution in [0.15, 0.2) is 18.2 Å². The molecule has 0 aliphatic heterocycles. The van der Waals surface area contributed by atoms with Crippen LogP contribution in [0.4, 0.5) is 8.78 Å². The maximum Gasteiger partial charge on any atom is 0.408 e. The average molecular weight is 356 g/mol. The monoisotopic (exact) mass is 356 g/mol. The second-order valence-corrected chi connectivity index (χ2v) is 7.42. The summed E-state index contributed by atoms with van der Waals surface area (Å²) >= 11 is 0. The second-order valence-electron chi connectivity index (χ2n) is 5.10. The summed E-state index contributed by atoms with van der Waals surface area (Å²) < 4.78 is 62.5. The molecule has 0 aromatic heterocycles. The van der Waals surface area contributed by atoms with Gasteiger partial charge in [-0.15, -0.1) is 0 Å². The van der Waals surface area contributed by atoms with E-state index in [1.54, 1.807) is 0 Å². The van der Waals surface area contributed by atoms with Gasteiger partial charge in [0, 0.05) is 5.56 Å². The Morgan fingerprint density at radius 1 is 1.32 bits per heavy atom. The Hall–Kier alpha value is -0.980. The van der Waals surface area contributed by atoms with Crippen LogP contribution in [0.25, 0.3) is 0 Å². The van der Waals surface area contributed by atoms with E-state index in [1.165, 1.54) is 27.4 Å². The molecule has 0 fully saturated rings. The topological polar surface area (TPSA) is 61.8 Å². The van der Waals surface area contributed by atoms with Crippen LogP contribution < -0.4 is 9.47 Å². The van der Waals surface area contributed by atoms with Crippen LogP contribution in [0.5, 0.6) is 11.5 Å². The summed E-state index contributed by atoms with van der Waals surface area (Å²) in [5.74, 6) is -2.94. The fourth-order valence-electron chi connectivity index (χ4n) is 1.46. The van der Waals surface area contributed by atoms with Crippen molar-refractivity contribution in [2.24, 2.45) is 5.92 Å². The van der Waals surface area contributed by atoms with Crippen molar-refractivity contribution in [2.75, 3.05) is 12.9 Å². The fraction of sp³-hybridized carbons (Fsp3) is 0.538. The van der Waals surface area contributed by atoms with Crippen molar-refractivity contribution in [3.05, 3.63) is 23.8 Å². The van der Waals surface area contributed by atoms with Crippen LogP contribution >= 0.6 is 9.24 Å². The predicted molar refractivity (Wildman–Crippen MR) is 81.7 cm³/mol. The number of alkyl halides is 2. The summed E-state index contributed by atoms with van der Waals surface area (Å²) in [5.41, 5.74) is 0.304. The first-order chi connectivity index (χ1) is 9.96. The molecule has 0 saturated carbocycles. The van der Waals surface area contributed by atoms with Gasteiger partial charge in [-0.05, 0) is 33.4 Å². The maximum atomic E-state index is 12.9. The number of benzene rings is 1. The van der Waals surface area contributed by atoms with E-state index in [4.69, 9.17) is 8.92 Å². The van der Waals surface area contributed by atoms with Gasteiger partial charge in [-0.2, -0.15) is 17.2 Å². The molecule has 5 nitrogen and oxygen atoms in total. The fourth-order valence-corrected chi connectivity index (χ4v) is 1.93. The smallest absolute Gasteiger partial charge is 0.408 e. The zero-order valence-corrected chi connectivity index (χ0v) is 14.5. The van der Waals surface area contributed by atoms with Gasteiger partial charge in [-0.1, -0.05) is 13.8 Å². The first-order valence-electron chi connectivity index (χ1n) is 6.42. The van der Waals surface area contributed by atoms with Gasteiger partial charge in [-0.25, -0.2) is 0 Å². The molecule has 1 aromatic rings. The zero-order chi connectivity index (χ0) is 17.0. The lowest BCUT2D eigenvalue weighted by atomic mass is 10.2. The quantitative estimate of drug-likeness (QED) is 0.529. The lowest BCUT2D eigenvalue weighted by Gasteiger charge is -2.17. The second kappa shape index (κ2) is 7.53. The van der Waals surface area contributed by atoms with Crippen LogP contribution in [0, 0.1) is 5.92 Å². The number of hydrogen-bond acceptors (Lipinski definition) is 5. The molecular weight excluding hydrogens is 337 g/mol. The predicted octanol–water partition coefficient (Wildman–Crippen LogP) is 3.00. The van der Waals surface area contributed by atoms with E-state index in [1.807, 2.05) is 13.8 Å². The third kappa shape index (κ3) is 7.87. The van der Waals surface area contributed by atoms with Crippen LogP contribution in [0.2, 0.25) is 0 Å². The van der Waals surface area contributed by atoms with Crippen molar-refractivity contribution in [1.82, 2.24) is 0 Å². The third-order valence-corrected chi connectivity index (χ3v) is 2.95. The first-order valence-corrected chi connectivity index (χ1v) is 8.81. The van der Waals surface area contributed by atoms with Crippen LogP contribution in [-0.2, 0) is 20.9 Å². The highest BCUT2D eigenvalue weighted by atomic mass is 32.2. The minimum Gasteiger partial charge on any atom is -0.493 e. The van der Waals surface area contributed by atoms with E-state index in [0.29, 0.717) is 17.9 Å². The molecule has 0 spiro atoms. The molecule has 0 amide bonds. The summed E-state index contributed by atoms with van der Waals surface area (Å²) in [5, 5.41) is 0. The molecule has 9 heteroatoms. The zero-order valence-electron chi connectivity index (χ0n) is 12.5. The van der Waals surface area contributed by atoms with Crippen molar-refractivity contribution in [1.29, 1.82) is 0 Å². The minimum absolute atomic E-state index is 0.121. The van der Waals surface area contributed by atoms with Gasteiger partial charge >= 0.3 is 5.85 Å². The summed E-state index contributed by atoms with van der Waals surface area (Å²) in [6, 6.07) is 4.02. The molecule has 0 heterocycles. The lowest BCUT2D eigenvalue weighted by molar-refractivity contribution is -0.0893. The first kappa shape index (κ1) is 19.1. The Morgan fingerprint density at radius 3 is 2.45 bits per heavy atom. The molecule has 126 valence electrons. The molecule has 0 bridgehead atoms. The number of hydrogen-bond donors (Lipinski definition) is 0. The molecule has 1 rings (SSSR count). The van der Waals surface area contributed by atoms with Crippen LogP contribution in [-0.4, -0.2) is 27.1 Å². The largest absolute Gasteiger partial charge is 0.493 e. The maximum absolute atomic E-state index is 12.9. The molecule has 1 aromatic carbocycles. The summed E-state index contributed by atoms with van der Waals surface area (Å²) in [6.45, 7) is 3.95. The Bertz CT molecular complexity index is 599. The molecule has 22 heavy (non-hydrogen) atoms. The Labute approximate surface area is 131 Å². The van der Waals surface area contributed by atoms with Crippen molar-refractivity contribution >= 4 is 19.4 Å². The van der Waals surface area contributed by atoms with E-state index in [2.05, 4.69) is 4.74 Å². The summed E-state index contributed by atoms with van der Waals surface area (Å²) in [4.78, 5) is 0. The highest BCUT2D eigenvalue weighted by Gasteiger charge is 2.24. The number of rotatable bonds is 8. The summed E-state index contributed by atoms with van der Waals surface area (Å²) in [6.07, 6.45) is 0.902. The van der Waals surface area contributed by atoms with Gasteiger partial charge in [-0.3, -0.25) is 4.18 Å². The van der Waals surface area contributed by atoms with Gasteiger partial charge < -0.3 is 9.47 Å². The molecule has 0 N–H and O–H groups in total. The minimum atomic E-state index is -3.67. The Morgan fingerprint density at radius 2 is 1.95 bits per heavy atom. The Balaban J connectivity index is 2.99. The van der Waals surface area contributed by atoms with E-state index >= 15 is 0 Å². The van der Waals surface area contributed by atoms with Gasteiger partial charge in [0.05, 0.1) is 19.5 Å². The number of ether oxygens (including phenoxy) is 2. The van der Waals surface area contributed by atoms with Crippen molar-refractivity contribution < 1.29 is 30.9 Å². The van der Waals surface area contributed by atoms with Gasteiger partial charge in [0.1, 0.15) is 11.5 Å². The Kier molecular flexibility index (Phi) is 6.52. The van der Waals surface area contributed by atoms with Gasteiger partial charge in [0.15, 0.2) is 0 Å². The van der Waals surface area contributed by atoms with Crippen molar-refractivity contribution in [3.8, 4) is 11.5 Å². The molecule has 0 radical (unpaired) electrons. The molecule has 0 saturated heterocycles. The molecule has 0 aliphatic rings.